The summed E-state index contributed by atoms with van der Waals surface area (Å²) in [6.45, 7) is 6.30. The minimum Gasteiger partial charge on any atom is -0.339 e. The Morgan fingerprint density at radius 1 is 1.33 bits per heavy atom. The number of rotatable bonds is 4. The van der Waals surface area contributed by atoms with Gasteiger partial charge in [-0.05, 0) is 26.3 Å². The van der Waals surface area contributed by atoms with E-state index in [1.807, 2.05) is 51.1 Å². The van der Waals surface area contributed by atoms with Gasteiger partial charge >= 0.3 is 0 Å². The summed E-state index contributed by atoms with van der Waals surface area (Å²) in [5, 5.41) is 4.80. The third kappa shape index (κ3) is 3.27. The van der Waals surface area contributed by atoms with E-state index in [9.17, 15) is 4.79 Å². The first kappa shape index (κ1) is 15.6. The molecule has 0 unspecified atom stereocenters. The lowest BCUT2D eigenvalue weighted by Gasteiger charge is -2.21. The Bertz CT molecular complexity index is 634. The van der Waals surface area contributed by atoms with Gasteiger partial charge in [0.1, 0.15) is 5.15 Å². The lowest BCUT2D eigenvalue weighted by atomic mass is 10.2. The highest BCUT2D eigenvalue weighted by molar-refractivity contribution is 6.33. The predicted molar refractivity (Wildman–Crippen MR) is 84.7 cm³/mol. The van der Waals surface area contributed by atoms with Gasteiger partial charge in [0, 0.05) is 13.1 Å². The summed E-state index contributed by atoms with van der Waals surface area (Å²) in [7, 11) is 1.78. The first-order valence-corrected chi connectivity index (χ1v) is 7.33. The summed E-state index contributed by atoms with van der Waals surface area (Å²) in [5.74, 6) is -0.0909. The second-order valence-corrected chi connectivity index (χ2v) is 5.76. The molecule has 0 atom stereocenters. The van der Waals surface area contributed by atoms with Crippen LogP contribution in [0.1, 0.15) is 35.5 Å². The second-order valence-electron chi connectivity index (χ2n) is 5.40. The SMILES string of the molecule is Cc1nn(Cc2ccccc2)c(Cl)c1C(=O)N(C)C(C)C. The van der Waals surface area contributed by atoms with E-state index in [1.165, 1.54) is 0 Å². The zero-order chi connectivity index (χ0) is 15.6. The molecule has 2 rings (SSSR count). The van der Waals surface area contributed by atoms with Crippen molar-refractivity contribution in [1.29, 1.82) is 0 Å². The van der Waals surface area contributed by atoms with E-state index >= 15 is 0 Å². The molecule has 0 aliphatic rings. The summed E-state index contributed by atoms with van der Waals surface area (Å²) in [6, 6.07) is 10.0. The third-order valence-electron chi connectivity index (χ3n) is 3.55. The quantitative estimate of drug-likeness (QED) is 0.868. The van der Waals surface area contributed by atoms with Crippen molar-refractivity contribution in [2.24, 2.45) is 0 Å². The first-order chi connectivity index (χ1) is 9.91. The van der Waals surface area contributed by atoms with Gasteiger partial charge in [0.25, 0.3) is 5.91 Å². The van der Waals surface area contributed by atoms with E-state index in [4.69, 9.17) is 11.6 Å². The number of hydrogen-bond acceptors (Lipinski definition) is 2. The Balaban J connectivity index is 2.32. The Kier molecular flexibility index (Phi) is 4.68. The molecule has 2 aromatic rings. The molecule has 0 fully saturated rings. The summed E-state index contributed by atoms with van der Waals surface area (Å²) in [6.07, 6.45) is 0. The molecule has 0 spiro atoms. The Labute approximate surface area is 130 Å². The molecule has 21 heavy (non-hydrogen) atoms. The zero-order valence-electron chi connectivity index (χ0n) is 12.8. The number of halogens is 1. The maximum absolute atomic E-state index is 12.5. The fraction of sp³-hybridized carbons (Fsp3) is 0.375. The zero-order valence-corrected chi connectivity index (χ0v) is 13.6. The maximum Gasteiger partial charge on any atom is 0.258 e. The minimum absolute atomic E-state index is 0.0909. The van der Waals surface area contributed by atoms with Gasteiger partial charge in [0.2, 0.25) is 0 Å². The van der Waals surface area contributed by atoms with Crippen LogP contribution in [-0.4, -0.2) is 33.7 Å². The van der Waals surface area contributed by atoms with Crippen LogP contribution in [0.2, 0.25) is 5.15 Å². The normalized spacial score (nSPS) is 11.0. The van der Waals surface area contributed by atoms with E-state index in [2.05, 4.69) is 5.10 Å². The fourth-order valence-corrected chi connectivity index (χ4v) is 2.38. The molecule has 0 radical (unpaired) electrons. The lowest BCUT2D eigenvalue weighted by Crippen LogP contribution is -2.33. The van der Waals surface area contributed by atoms with Crippen molar-refractivity contribution in [1.82, 2.24) is 14.7 Å². The molecule has 1 amide bonds. The van der Waals surface area contributed by atoms with Crippen molar-refractivity contribution in [3.63, 3.8) is 0 Å². The van der Waals surface area contributed by atoms with Crippen molar-refractivity contribution in [2.75, 3.05) is 7.05 Å². The smallest absolute Gasteiger partial charge is 0.258 e. The number of aromatic nitrogens is 2. The summed E-state index contributed by atoms with van der Waals surface area (Å²) in [5.41, 5.74) is 2.25. The number of hydrogen-bond donors (Lipinski definition) is 0. The van der Waals surface area contributed by atoms with E-state index in [0.717, 1.165) is 5.56 Å². The molecule has 1 heterocycles. The highest BCUT2D eigenvalue weighted by atomic mass is 35.5. The van der Waals surface area contributed by atoms with Crippen LogP contribution < -0.4 is 0 Å². The van der Waals surface area contributed by atoms with E-state index in [0.29, 0.717) is 23.0 Å². The molecule has 5 heteroatoms. The Morgan fingerprint density at radius 3 is 2.52 bits per heavy atom. The summed E-state index contributed by atoms with van der Waals surface area (Å²) < 4.78 is 1.67. The number of carbonyl (C=O) groups is 1. The number of aryl methyl sites for hydroxylation is 1. The van der Waals surface area contributed by atoms with Crippen molar-refractivity contribution < 1.29 is 4.79 Å². The van der Waals surface area contributed by atoms with Crippen LogP contribution in [0.3, 0.4) is 0 Å². The highest BCUT2D eigenvalue weighted by Crippen LogP contribution is 2.23. The Hall–Kier alpha value is -1.81. The van der Waals surface area contributed by atoms with Crippen LogP contribution in [0.25, 0.3) is 0 Å². The molecular weight excluding hydrogens is 286 g/mol. The predicted octanol–water partition coefficient (Wildman–Crippen LogP) is 3.37. The standard InChI is InChI=1S/C16H20ClN3O/c1-11(2)19(4)16(21)14-12(3)18-20(15(14)17)10-13-8-6-5-7-9-13/h5-9,11H,10H2,1-4H3. The topological polar surface area (TPSA) is 38.1 Å². The van der Waals surface area contributed by atoms with Crippen LogP contribution in [0, 0.1) is 6.92 Å². The van der Waals surface area contributed by atoms with Gasteiger partial charge < -0.3 is 4.90 Å². The van der Waals surface area contributed by atoms with Gasteiger partial charge in [0.05, 0.1) is 17.8 Å². The maximum atomic E-state index is 12.5. The number of amides is 1. The van der Waals surface area contributed by atoms with Gasteiger partial charge in [-0.3, -0.25) is 4.79 Å². The molecule has 112 valence electrons. The molecule has 0 saturated carbocycles. The van der Waals surface area contributed by atoms with Gasteiger partial charge in [0.15, 0.2) is 0 Å². The molecule has 0 bridgehead atoms. The monoisotopic (exact) mass is 305 g/mol. The second kappa shape index (κ2) is 6.31. The van der Waals surface area contributed by atoms with Crippen LogP contribution in [-0.2, 0) is 6.54 Å². The van der Waals surface area contributed by atoms with Crippen LogP contribution >= 0.6 is 11.6 Å². The van der Waals surface area contributed by atoms with E-state index < -0.39 is 0 Å². The van der Waals surface area contributed by atoms with Crippen molar-refractivity contribution >= 4 is 17.5 Å². The highest BCUT2D eigenvalue weighted by Gasteiger charge is 2.24. The number of nitrogens with zero attached hydrogens (tertiary/aromatic N) is 3. The minimum atomic E-state index is -0.0909. The first-order valence-electron chi connectivity index (χ1n) is 6.95. The third-order valence-corrected chi connectivity index (χ3v) is 3.93. The molecule has 0 aliphatic carbocycles. The number of carbonyl (C=O) groups excluding carboxylic acids is 1. The van der Waals surface area contributed by atoms with Crippen molar-refractivity contribution in [2.45, 2.75) is 33.4 Å². The van der Waals surface area contributed by atoms with Crippen LogP contribution in [0.4, 0.5) is 0 Å². The molecule has 4 nitrogen and oxygen atoms in total. The van der Waals surface area contributed by atoms with Crippen molar-refractivity contribution in [3.05, 3.63) is 52.3 Å². The molecule has 1 aromatic carbocycles. The van der Waals surface area contributed by atoms with E-state index in [1.54, 1.807) is 16.6 Å². The average Bonchev–Trinajstić information content (AvgIpc) is 2.73. The van der Waals surface area contributed by atoms with Crippen molar-refractivity contribution in [3.8, 4) is 0 Å². The largest absolute Gasteiger partial charge is 0.339 e. The van der Waals surface area contributed by atoms with Gasteiger partial charge in [-0.15, -0.1) is 0 Å². The molecular formula is C16H20ClN3O. The number of benzene rings is 1. The van der Waals surface area contributed by atoms with Gasteiger partial charge in [-0.1, -0.05) is 41.9 Å². The van der Waals surface area contributed by atoms with E-state index in [-0.39, 0.29) is 11.9 Å². The molecule has 0 N–H and O–H groups in total. The molecule has 1 aromatic heterocycles. The fourth-order valence-electron chi connectivity index (χ4n) is 2.07. The summed E-state index contributed by atoms with van der Waals surface area (Å²) >= 11 is 6.38. The molecule has 0 saturated heterocycles. The summed E-state index contributed by atoms with van der Waals surface area (Å²) in [4.78, 5) is 14.2. The lowest BCUT2D eigenvalue weighted by molar-refractivity contribution is 0.0754. The van der Waals surface area contributed by atoms with Gasteiger partial charge in [-0.2, -0.15) is 5.10 Å². The van der Waals surface area contributed by atoms with Crippen LogP contribution in [0.5, 0.6) is 0 Å². The Morgan fingerprint density at radius 2 is 1.95 bits per heavy atom. The van der Waals surface area contributed by atoms with Crippen LogP contribution in [0.15, 0.2) is 30.3 Å². The molecule has 0 aliphatic heterocycles. The van der Waals surface area contributed by atoms with Gasteiger partial charge in [-0.25, -0.2) is 4.68 Å². The average molecular weight is 306 g/mol.